The van der Waals surface area contributed by atoms with E-state index in [1.807, 2.05) is 6.07 Å². The van der Waals surface area contributed by atoms with Crippen LogP contribution in [0.1, 0.15) is 35.2 Å². The minimum atomic E-state index is -0.544. The highest BCUT2D eigenvalue weighted by molar-refractivity contribution is 6.32. The van der Waals surface area contributed by atoms with E-state index < -0.39 is 5.82 Å². The maximum Gasteiger partial charge on any atom is 0.256 e. The minimum Gasteiger partial charge on any atom is -0.493 e. The topological polar surface area (TPSA) is 73.3 Å². The molecule has 0 aliphatic carbocycles. The van der Waals surface area contributed by atoms with Gasteiger partial charge in [-0.2, -0.15) is 0 Å². The number of amides is 1. The molecule has 0 spiro atoms. The van der Waals surface area contributed by atoms with Gasteiger partial charge in [0.2, 0.25) is 0 Å². The van der Waals surface area contributed by atoms with E-state index in [1.165, 1.54) is 12.1 Å². The van der Waals surface area contributed by atoms with Crippen LogP contribution < -0.4 is 14.8 Å². The molecule has 9 heteroatoms. The van der Waals surface area contributed by atoms with Crippen molar-refractivity contribution in [1.29, 1.82) is 0 Å². The summed E-state index contributed by atoms with van der Waals surface area (Å²) in [5, 5.41) is 11.3. The van der Waals surface area contributed by atoms with E-state index in [4.69, 9.17) is 32.7 Å². The third kappa shape index (κ3) is 5.12. The molecule has 4 aromatic rings. The average molecular weight is 524 g/mol. The van der Waals surface area contributed by atoms with E-state index in [1.54, 1.807) is 48.5 Å². The van der Waals surface area contributed by atoms with Gasteiger partial charge in [-0.1, -0.05) is 36.2 Å². The molecule has 1 unspecified atom stereocenters. The number of rotatable bonds is 5. The Bertz CT molecular complexity index is 1430. The predicted octanol–water partition coefficient (Wildman–Crippen LogP) is 7.52. The van der Waals surface area contributed by atoms with Crippen LogP contribution in [0.3, 0.4) is 0 Å². The van der Waals surface area contributed by atoms with Gasteiger partial charge in [0.25, 0.3) is 5.91 Å². The highest BCUT2D eigenvalue weighted by Crippen LogP contribution is 2.41. The second kappa shape index (κ2) is 10.1. The first-order chi connectivity index (χ1) is 17.4. The fourth-order valence-electron chi connectivity index (χ4n) is 3.84. The fraction of sp³-hybridized carbons (Fsp3) is 0.148. The molecule has 182 valence electrons. The van der Waals surface area contributed by atoms with Crippen molar-refractivity contribution in [2.75, 3.05) is 11.9 Å². The van der Waals surface area contributed by atoms with Crippen molar-refractivity contribution in [1.82, 2.24) is 10.2 Å². The lowest BCUT2D eigenvalue weighted by Crippen LogP contribution is -2.13. The minimum absolute atomic E-state index is 0.0291. The molecule has 0 radical (unpaired) electrons. The molecular weight excluding hydrogens is 504 g/mol. The fourth-order valence-corrected chi connectivity index (χ4v) is 4.17. The summed E-state index contributed by atoms with van der Waals surface area (Å²) < 4.78 is 25.4. The Labute approximate surface area is 217 Å². The summed E-state index contributed by atoms with van der Waals surface area (Å²) in [6.45, 7) is 2.80. The van der Waals surface area contributed by atoms with Gasteiger partial charge in [0.1, 0.15) is 23.1 Å². The Kier molecular flexibility index (Phi) is 6.76. The molecule has 1 aromatic heterocycles. The van der Waals surface area contributed by atoms with E-state index in [0.717, 1.165) is 17.7 Å². The van der Waals surface area contributed by atoms with Crippen LogP contribution in [-0.2, 0) is 0 Å². The van der Waals surface area contributed by atoms with Crippen LogP contribution in [0, 0.1) is 5.82 Å². The third-order valence-electron chi connectivity index (χ3n) is 5.87. The van der Waals surface area contributed by atoms with Crippen LogP contribution in [0.2, 0.25) is 10.0 Å². The van der Waals surface area contributed by atoms with Crippen molar-refractivity contribution in [3.63, 3.8) is 0 Å². The number of ether oxygens (including phenoxy) is 2. The highest BCUT2D eigenvalue weighted by Gasteiger charge is 2.20. The van der Waals surface area contributed by atoms with Crippen molar-refractivity contribution in [3.8, 4) is 28.5 Å². The Morgan fingerprint density at radius 2 is 1.83 bits per heavy atom. The molecule has 0 bridgehead atoms. The molecule has 1 amide bonds. The summed E-state index contributed by atoms with van der Waals surface area (Å²) in [5.41, 5.74) is 2.45. The second-order valence-corrected chi connectivity index (χ2v) is 9.19. The average Bonchev–Trinajstić information content (AvgIpc) is 2.88. The molecule has 0 fully saturated rings. The zero-order valence-corrected chi connectivity index (χ0v) is 20.6. The summed E-state index contributed by atoms with van der Waals surface area (Å²) in [6, 6.07) is 17.9. The van der Waals surface area contributed by atoms with Gasteiger partial charge in [-0.05, 0) is 72.5 Å². The number of anilines is 1. The van der Waals surface area contributed by atoms with E-state index in [-0.39, 0.29) is 16.7 Å². The predicted molar refractivity (Wildman–Crippen MR) is 137 cm³/mol. The van der Waals surface area contributed by atoms with Gasteiger partial charge >= 0.3 is 0 Å². The maximum atomic E-state index is 13.7. The molecule has 1 aliphatic rings. The first kappa shape index (κ1) is 24.0. The normalized spacial score (nSPS) is 14.5. The number of nitrogens with zero attached hydrogens (tertiary/aromatic N) is 2. The van der Waals surface area contributed by atoms with Gasteiger partial charge in [0, 0.05) is 17.2 Å². The lowest BCUT2D eigenvalue weighted by molar-refractivity contribution is 0.102. The van der Waals surface area contributed by atoms with Gasteiger partial charge in [-0.15, -0.1) is 10.2 Å². The first-order valence-electron chi connectivity index (χ1n) is 11.2. The van der Waals surface area contributed by atoms with E-state index in [9.17, 15) is 9.18 Å². The lowest BCUT2D eigenvalue weighted by Gasteiger charge is -2.24. The SMILES string of the molecule is CC1CCOc2cc(Oc3ccc(C(=O)Nc4ccc(-c5ccc(Cl)c(F)c5)nn4)cc3)c(Cl)cc21. The summed E-state index contributed by atoms with van der Waals surface area (Å²) >= 11 is 12.2. The van der Waals surface area contributed by atoms with Crippen LogP contribution in [0.5, 0.6) is 17.2 Å². The molecule has 0 saturated heterocycles. The zero-order chi connectivity index (χ0) is 25.2. The number of hydrogen-bond donors (Lipinski definition) is 1. The number of benzene rings is 3. The molecule has 1 atom stereocenters. The number of carbonyl (C=O) groups is 1. The number of carbonyl (C=O) groups excluding carboxylic acids is 1. The molecule has 6 nitrogen and oxygen atoms in total. The van der Waals surface area contributed by atoms with Crippen LogP contribution in [0.4, 0.5) is 10.2 Å². The zero-order valence-electron chi connectivity index (χ0n) is 19.1. The van der Waals surface area contributed by atoms with Crippen molar-refractivity contribution < 1.29 is 18.7 Å². The Balaban J connectivity index is 1.24. The van der Waals surface area contributed by atoms with Crippen molar-refractivity contribution in [2.45, 2.75) is 19.3 Å². The van der Waals surface area contributed by atoms with Gasteiger partial charge in [-0.25, -0.2) is 4.39 Å². The first-order valence-corrected chi connectivity index (χ1v) is 12.0. The largest absolute Gasteiger partial charge is 0.493 e. The molecule has 2 heterocycles. The van der Waals surface area contributed by atoms with Gasteiger partial charge in [-0.3, -0.25) is 4.79 Å². The van der Waals surface area contributed by atoms with Gasteiger partial charge in [0.05, 0.1) is 22.3 Å². The molecule has 1 aliphatic heterocycles. The highest BCUT2D eigenvalue weighted by atomic mass is 35.5. The van der Waals surface area contributed by atoms with Crippen LogP contribution in [-0.4, -0.2) is 22.7 Å². The van der Waals surface area contributed by atoms with Crippen molar-refractivity contribution in [2.24, 2.45) is 0 Å². The molecule has 0 saturated carbocycles. The molecule has 3 aromatic carbocycles. The number of nitrogens with one attached hydrogen (secondary N) is 1. The second-order valence-electron chi connectivity index (χ2n) is 8.37. The molecule has 1 N–H and O–H groups in total. The van der Waals surface area contributed by atoms with E-state index in [2.05, 4.69) is 22.4 Å². The Morgan fingerprint density at radius 3 is 2.56 bits per heavy atom. The van der Waals surface area contributed by atoms with Crippen LogP contribution >= 0.6 is 23.2 Å². The van der Waals surface area contributed by atoms with Crippen molar-refractivity contribution in [3.05, 3.63) is 93.7 Å². The Hall–Kier alpha value is -3.68. The van der Waals surface area contributed by atoms with Crippen LogP contribution in [0.15, 0.2) is 66.7 Å². The number of halogens is 3. The quantitative estimate of drug-likeness (QED) is 0.292. The van der Waals surface area contributed by atoms with Crippen molar-refractivity contribution >= 4 is 34.9 Å². The van der Waals surface area contributed by atoms with Gasteiger partial charge in [0.15, 0.2) is 5.82 Å². The standard InChI is InChI=1S/C27H20Cl2FN3O3/c1-15-10-11-35-24-14-25(21(29)13-19(15)24)36-18-5-2-16(3-6-18)27(34)31-26-9-8-23(32-33-26)17-4-7-20(28)22(30)12-17/h2-9,12-15H,10-11H2,1H3,(H,31,33,34). The summed E-state index contributed by atoms with van der Waals surface area (Å²) in [5.74, 6) is 1.51. The monoisotopic (exact) mass is 523 g/mol. The number of fused-ring (bicyclic) bond motifs is 1. The third-order valence-corrected chi connectivity index (χ3v) is 6.47. The van der Waals surface area contributed by atoms with E-state index in [0.29, 0.717) is 45.9 Å². The summed E-state index contributed by atoms with van der Waals surface area (Å²) in [4.78, 5) is 12.6. The maximum absolute atomic E-state index is 13.7. The lowest BCUT2D eigenvalue weighted by atomic mass is 9.95. The summed E-state index contributed by atoms with van der Waals surface area (Å²) in [6.07, 6.45) is 0.950. The number of aromatic nitrogens is 2. The molecule has 5 rings (SSSR count). The smallest absolute Gasteiger partial charge is 0.256 e. The van der Waals surface area contributed by atoms with Crippen LogP contribution in [0.25, 0.3) is 11.3 Å². The molecule has 36 heavy (non-hydrogen) atoms. The van der Waals surface area contributed by atoms with E-state index >= 15 is 0 Å². The number of hydrogen-bond acceptors (Lipinski definition) is 5. The summed E-state index contributed by atoms with van der Waals surface area (Å²) in [7, 11) is 0. The van der Waals surface area contributed by atoms with Gasteiger partial charge < -0.3 is 14.8 Å². The molecular formula is C27H20Cl2FN3O3. The Morgan fingerprint density at radius 1 is 1.03 bits per heavy atom.